The molecule has 0 aliphatic carbocycles. The van der Waals surface area contributed by atoms with Gasteiger partial charge < -0.3 is 19.6 Å². The molecule has 0 bridgehead atoms. The smallest absolute Gasteiger partial charge is 0.332 e. The number of hydrogen-bond donors (Lipinski definition) is 2. The van der Waals surface area contributed by atoms with Gasteiger partial charge in [0.2, 0.25) is 5.91 Å². The fourth-order valence-electron chi connectivity index (χ4n) is 3.44. The van der Waals surface area contributed by atoms with Crippen LogP contribution in [0.4, 0.5) is 0 Å². The SMILES string of the molecule is Cn1cc(SCC(=O)N2CCc3[nH]cnc3[C@@H]2C(=O)O)c2ccccc21. The Kier molecular flexibility index (Phi) is 4.20. The monoisotopic (exact) mass is 370 g/mol. The maximum absolute atomic E-state index is 12.8. The maximum atomic E-state index is 12.8. The number of para-hydroxylation sites is 1. The van der Waals surface area contributed by atoms with Crippen molar-refractivity contribution in [3.63, 3.8) is 0 Å². The maximum Gasteiger partial charge on any atom is 0.332 e. The van der Waals surface area contributed by atoms with Gasteiger partial charge in [0.25, 0.3) is 0 Å². The van der Waals surface area contributed by atoms with Crippen LogP contribution in [0.5, 0.6) is 0 Å². The largest absolute Gasteiger partial charge is 0.479 e. The molecule has 2 aromatic heterocycles. The summed E-state index contributed by atoms with van der Waals surface area (Å²) < 4.78 is 2.03. The van der Waals surface area contributed by atoms with E-state index in [1.54, 1.807) is 0 Å². The summed E-state index contributed by atoms with van der Waals surface area (Å²) in [7, 11) is 1.97. The number of aromatic nitrogens is 3. The van der Waals surface area contributed by atoms with Crippen molar-refractivity contribution in [1.29, 1.82) is 0 Å². The third-order valence-electron chi connectivity index (χ3n) is 4.69. The van der Waals surface area contributed by atoms with Gasteiger partial charge in [-0.15, -0.1) is 11.8 Å². The van der Waals surface area contributed by atoms with Crippen LogP contribution in [0.15, 0.2) is 41.7 Å². The molecule has 0 saturated heterocycles. The minimum absolute atomic E-state index is 0.191. The summed E-state index contributed by atoms with van der Waals surface area (Å²) in [4.78, 5) is 34.0. The summed E-state index contributed by atoms with van der Waals surface area (Å²) >= 11 is 1.44. The van der Waals surface area contributed by atoms with Gasteiger partial charge in [0.1, 0.15) is 0 Å². The number of nitrogens with zero attached hydrogens (tertiary/aromatic N) is 3. The third-order valence-corrected chi connectivity index (χ3v) is 5.72. The quantitative estimate of drug-likeness (QED) is 0.687. The number of rotatable bonds is 4. The van der Waals surface area contributed by atoms with Crippen molar-refractivity contribution in [2.24, 2.45) is 7.05 Å². The van der Waals surface area contributed by atoms with Crippen LogP contribution in [0.3, 0.4) is 0 Å². The molecule has 3 heterocycles. The van der Waals surface area contributed by atoms with Gasteiger partial charge >= 0.3 is 5.97 Å². The summed E-state index contributed by atoms with van der Waals surface area (Å²) in [5.74, 6) is -1.05. The number of aromatic amines is 1. The van der Waals surface area contributed by atoms with E-state index in [1.165, 1.54) is 23.0 Å². The van der Waals surface area contributed by atoms with Gasteiger partial charge in [0.15, 0.2) is 6.04 Å². The number of imidazole rings is 1. The Morgan fingerprint density at radius 2 is 2.19 bits per heavy atom. The second kappa shape index (κ2) is 6.53. The lowest BCUT2D eigenvalue weighted by Gasteiger charge is -2.32. The molecular formula is C18H18N4O3S. The molecule has 4 rings (SSSR count). The first-order valence-electron chi connectivity index (χ1n) is 8.27. The molecular weight excluding hydrogens is 352 g/mol. The summed E-state index contributed by atoms with van der Waals surface area (Å²) in [6, 6.07) is 6.99. The zero-order chi connectivity index (χ0) is 18.3. The molecule has 0 unspecified atom stereocenters. The number of nitrogens with one attached hydrogen (secondary N) is 1. The summed E-state index contributed by atoms with van der Waals surface area (Å²) in [6.07, 6.45) is 4.07. The molecule has 0 spiro atoms. The van der Waals surface area contributed by atoms with Crippen molar-refractivity contribution in [3.05, 3.63) is 48.2 Å². The molecule has 2 N–H and O–H groups in total. The highest BCUT2D eigenvalue weighted by Gasteiger charge is 2.37. The second-order valence-corrected chi connectivity index (χ2v) is 7.27. The number of carbonyl (C=O) groups is 2. The molecule has 0 saturated carbocycles. The standard InChI is InChI=1S/C18H18N4O3S/c1-21-8-14(11-4-2-3-5-13(11)21)26-9-15(23)22-7-6-12-16(20-10-19-12)17(22)18(24)25/h2-5,8,10,17H,6-7,9H2,1H3,(H,19,20)(H,24,25)/t17-/m1/s1. The van der Waals surface area contributed by atoms with Crippen LogP contribution in [-0.4, -0.2) is 48.7 Å². The highest BCUT2D eigenvalue weighted by atomic mass is 32.2. The van der Waals surface area contributed by atoms with E-state index in [4.69, 9.17) is 0 Å². The molecule has 8 heteroatoms. The van der Waals surface area contributed by atoms with E-state index in [0.29, 0.717) is 18.7 Å². The van der Waals surface area contributed by atoms with Crippen LogP contribution >= 0.6 is 11.8 Å². The highest BCUT2D eigenvalue weighted by Crippen LogP contribution is 2.32. The fourth-order valence-corrected chi connectivity index (χ4v) is 4.44. The molecule has 7 nitrogen and oxygen atoms in total. The predicted octanol–water partition coefficient (Wildman–Crippen LogP) is 2.20. The fraction of sp³-hybridized carbons (Fsp3) is 0.278. The number of amides is 1. The van der Waals surface area contributed by atoms with Crippen LogP contribution < -0.4 is 0 Å². The highest BCUT2D eigenvalue weighted by molar-refractivity contribution is 8.00. The number of carbonyl (C=O) groups excluding carboxylic acids is 1. The number of H-pyrrole nitrogens is 1. The van der Waals surface area contributed by atoms with Crippen LogP contribution in [-0.2, 0) is 23.1 Å². The molecule has 3 aromatic rings. The summed E-state index contributed by atoms with van der Waals surface area (Å²) in [5.41, 5.74) is 2.33. The number of benzene rings is 1. The second-order valence-electron chi connectivity index (χ2n) is 6.25. The van der Waals surface area contributed by atoms with Gasteiger partial charge in [-0.2, -0.15) is 0 Å². The number of fused-ring (bicyclic) bond motifs is 2. The molecule has 0 radical (unpaired) electrons. The number of aryl methyl sites for hydroxylation is 1. The summed E-state index contributed by atoms with van der Waals surface area (Å²) in [5, 5.41) is 10.7. The minimum atomic E-state index is -1.05. The lowest BCUT2D eigenvalue weighted by atomic mass is 10.0. The predicted molar refractivity (Wildman–Crippen MR) is 98.0 cm³/mol. The molecule has 1 aliphatic heterocycles. The van der Waals surface area contributed by atoms with Gasteiger partial charge in [-0.3, -0.25) is 4.79 Å². The van der Waals surface area contributed by atoms with Gasteiger partial charge in [0, 0.05) is 47.7 Å². The van der Waals surface area contributed by atoms with E-state index in [-0.39, 0.29) is 11.7 Å². The zero-order valence-corrected chi connectivity index (χ0v) is 15.0. The lowest BCUT2D eigenvalue weighted by molar-refractivity contribution is -0.150. The average Bonchev–Trinajstić information content (AvgIpc) is 3.23. The Hall–Kier alpha value is -2.74. The van der Waals surface area contributed by atoms with Crippen molar-refractivity contribution in [1.82, 2.24) is 19.4 Å². The van der Waals surface area contributed by atoms with Gasteiger partial charge in [-0.1, -0.05) is 18.2 Å². The third kappa shape index (κ3) is 2.76. The van der Waals surface area contributed by atoms with E-state index in [2.05, 4.69) is 9.97 Å². The molecule has 26 heavy (non-hydrogen) atoms. The van der Waals surface area contributed by atoms with Gasteiger partial charge in [0.05, 0.1) is 17.8 Å². The van der Waals surface area contributed by atoms with Gasteiger partial charge in [-0.25, -0.2) is 9.78 Å². The minimum Gasteiger partial charge on any atom is -0.479 e. The molecule has 1 aromatic carbocycles. The average molecular weight is 370 g/mol. The van der Waals surface area contributed by atoms with Crippen molar-refractivity contribution in [2.75, 3.05) is 12.3 Å². The lowest BCUT2D eigenvalue weighted by Crippen LogP contribution is -2.44. The Labute approximate surface area is 154 Å². The van der Waals surface area contributed by atoms with Crippen LogP contribution in [0, 0.1) is 0 Å². The molecule has 1 aliphatic rings. The van der Waals surface area contributed by atoms with E-state index in [0.717, 1.165) is 21.5 Å². The van der Waals surface area contributed by atoms with Gasteiger partial charge in [-0.05, 0) is 6.07 Å². The van der Waals surface area contributed by atoms with Crippen molar-refractivity contribution >= 4 is 34.5 Å². The van der Waals surface area contributed by atoms with E-state index >= 15 is 0 Å². The van der Waals surface area contributed by atoms with Crippen molar-refractivity contribution < 1.29 is 14.7 Å². The van der Waals surface area contributed by atoms with E-state index in [9.17, 15) is 14.7 Å². The van der Waals surface area contributed by atoms with E-state index < -0.39 is 12.0 Å². The Bertz CT molecular complexity index is 993. The Balaban J connectivity index is 1.54. The Morgan fingerprint density at radius 1 is 1.38 bits per heavy atom. The Morgan fingerprint density at radius 3 is 3.00 bits per heavy atom. The number of aliphatic carboxylic acids is 1. The summed E-state index contributed by atoms with van der Waals surface area (Å²) in [6.45, 7) is 0.376. The molecule has 134 valence electrons. The van der Waals surface area contributed by atoms with Crippen LogP contribution in [0.1, 0.15) is 17.4 Å². The number of carboxylic acid groups (broad SMARTS) is 1. The first-order valence-corrected chi connectivity index (χ1v) is 9.26. The zero-order valence-electron chi connectivity index (χ0n) is 14.2. The first kappa shape index (κ1) is 16.7. The van der Waals surface area contributed by atoms with Crippen LogP contribution in [0.25, 0.3) is 10.9 Å². The topological polar surface area (TPSA) is 91.2 Å². The molecule has 1 atom stereocenters. The van der Waals surface area contributed by atoms with E-state index in [1.807, 2.05) is 42.1 Å². The van der Waals surface area contributed by atoms with Crippen molar-refractivity contribution in [3.8, 4) is 0 Å². The molecule has 0 fully saturated rings. The van der Waals surface area contributed by atoms with Crippen molar-refractivity contribution in [2.45, 2.75) is 17.4 Å². The normalized spacial score (nSPS) is 16.7. The first-order chi connectivity index (χ1) is 12.6. The number of carboxylic acids is 1. The van der Waals surface area contributed by atoms with Crippen LogP contribution in [0.2, 0.25) is 0 Å². The molecule has 1 amide bonds. The number of hydrogen-bond acceptors (Lipinski definition) is 4. The number of thioether (sulfide) groups is 1.